The number of hydrogen-bond donors (Lipinski definition) is 2. The molecule has 104 valence electrons. The second-order valence-electron chi connectivity index (χ2n) is 5.09. The summed E-state index contributed by atoms with van der Waals surface area (Å²) in [4.78, 5) is 25.7. The summed E-state index contributed by atoms with van der Waals surface area (Å²) in [6, 6.07) is 0. The maximum Gasteiger partial charge on any atom is 0.239 e. The zero-order valence-corrected chi connectivity index (χ0v) is 11.5. The Balaban J connectivity index is 2.77. The first-order valence-electron chi connectivity index (χ1n) is 6.79. The van der Waals surface area contributed by atoms with Crippen molar-refractivity contribution < 1.29 is 9.59 Å². The second-order valence-corrected chi connectivity index (χ2v) is 5.09. The summed E-state index contributed by atoms with van der Waals surface area (Å²) >= 11 is 0. The van der Waals surface area contributed by atoms with Gasteiger partial charge in [-0.2, -0.15) is 0 Å². The van der Waals surface area contributed by atoms with E-state index in [1.807, 2.05) is 6.92 Å². The molecule has 0 heterocycles. The summed E-state index contributed by atoms with van der Waals surface area (Å²) < 4.78 is 0. The Morgan fingerprint density at radius 2 is 1.94 bits per heavy atom. The normalized spacial score (nSPS) is 17.5. The number of hydrogen-bond acceptors (Lipinski definition) is 3. The molecule has 1 aliphatic carbocycles. The first-order chi connectivity index (χ1) is 8.59. The number of likely N-dealkylation sites (N-methyl/N-ethyl adjacent to an activating group) is 1. The Morgan fingerprint density at radius 1 is 1.33 bits per heavy atom. The molecular formula is C13H25N3O2. The van der Waals surface area contributed by atoms with Crippen molar-refractivity contribution in [2.75, 3.05) is 26.7 Å². The number of rotatable bonds is 6. The van der Waals surface area contributed by atoms with Crippen molar-refractivity contribution in [3.05, 3.63) is 0 Å². The molecule has 5 heteroatoms. The van der Waals surface area contributed by atoms with Crippen molar-refractivity contribution in [1.82, 2.24) is 10.2 Å². The van der Waals surface area contributed by atoms with Crippen LogP contribution in [0.2, 0.25) is 0 Å². The van der Waals surface area contributed by atoms with Crippen molar-refractivity contribution >= 4 is 11.8 Å². The molecule has 0 aromatic carbocycles. The maximum absolute atomic E-state index is 12.6. The van der Waals surface area contributed by atoms with Crippen LogP contribution in [0.3, 0.4) is 0 Å². The van der Waals surface area contributed by atoms with Crippen molar-refractivity contribution in [3.8, 4) is 0 Å². The van der Waals surface area contributed by atoms with Gasteiger partial charge in [0.1, 0.15) is 0 Å². The fourth-order valence-electron chi connectivity index (χ4n) is 2.67. The highest BCUT2D eigenvalue weighted by molar-refractivity contribution is 5.88. The lowest BCUT2D eigenvalue weighted by Gasteiger charge is -2.33. The van der Waals surface area contributed by atoms with E-state index < -0.39 is 5.41 Å². The molecule has 3 N–H and O–H groups in total. The Morgan fingerprint density at radius 3 is 2.39 bits per heavy atom. The van der Waals surface area contributed by atoms with Gasteiger partial charge in [0.15, 0.2) is 0 Å². The van der Waals surface area contributed by atoms with E-state index in [4.69, 9.17) is 5.73 Å². The minimum Gasteiger partial charge on any atom is -0.358 e. The zero-order valence-electron chi connectivity index (χ0n) is 11.5. The number of amides is 2. The van der Waals surface area contributed by atoms with Crippen LogP contribution in [-0.4, -0.2) is 43.4 Å². The summed E-state index contributed by atoms with van der Waals surface area (Å²) in [6.07, 6.45) is 4.68. The lowest BCUT2D eigenvalue weighted by molar-refractivity contribution is -0.144. The molecule has 0 bridgehead atoms. The molecule has 5 nitrogen and oxygen atoms in total. The molecule has 0 aromatic rings. The lowest BCUT2D eigenvalue weighted by atomic mass is 9.84. The molecule has 0 radical (unpaired) electrons. The van der Waals surface area contributed by atoms with Gasteiger partial charge >= 0.3 is 0 Å². The third-order valence-electron chi connectivity index (χ3n) is 3.80. The quantitative estimate of drug-likeness (QED) is 0.725. The van der Waals surface area contributed by atoms with Gasteiger partial charge in [0, 0.05) is 20.1 Å². The molecule has 1 fully saturated rings. The van der Waals surface area contributed by atoms with Crippen LogP contribution < -0.4 is 11.1 Å². The Kier molecular flexibility index (Phi) is 5.59. The summed E-state index contributed by atoms with van der Waals surface area (Å²) in [5, 5.41) is 2.57. The van der Waals surface area contributed by atoms with Gasteiger partial charge in [-0.1, -0.05) is 19.8 Å². The van der Waals surface area contributed by atoms with Gasteiger partial charge in [-0.15, -0.1) is 0 Å². The van der Waals surface area contributed by atoms with Crippen LogP contribution in [0.5, 0.6) is 0 Å². The maximum atomic E-state index is 12.6. The van der Waals surface area contributed by atoms with Crippen LogP contribution >= 0.6 is 0 Å². The molecule has 0 saturated heterocycles. The van der Waals surface area contributed by atoms with Crippen LogP contribution in [0.25, 0.3) is 0 Å². The molecule has 0 aliphatic heterocycles. The number of nitrogens with one attached hydrogen (secondary N) is 1. The standard InChI is InChI=1S/C13H25N3O2/c1-3-8-16(9-11(17)15-2)12(18)13(10-14)6-4-5-7-13/h3-10,14H2,1-2H3,(H,15,17). The van der Waals surface area contributed by atoms with Crippen molar-refractivity contribution in [2.24, 2.45) is 11.1 Å². The second kappa shape index (κ2) is 6.73. The van der Waals surface area contributed by atoms with E-state index in [9.17, 15) is 9.59 Å². The summed E-state index contributed by atoms with van der Waals surface area (Å²) in [7, 11) is 1.59. The molecule has 0 unspecified atom stereocenters. The van der Waals surface area contributed by atoms with E-state index in [1.54, 1.807) is 11.9 Å². The number of nitrogens with two attached hydrogens (primary N) is 1. The summed E-state index contributed by atoms with van der Waals surface area (Å²) in [5.41, 5.74) is 5.41. The smallest absolute Gasteiger partial charge is 0.239 e. The highest BCUT2D eigenvalue weighted by Gasteiger charge is 2.42. The molecule has 1 saturated carbocycles. The average Bonchev–Trinajstić information content (AvgIpc) is 2.87. The number of nitrogens with zero attached hydrogens (tertiary/aromatic N) is 1. The van der Waals surface area contributed by atoms with Gasteiger partial charge in [0.2, 0.25) is 11.8 Å². The Bertz CT molecular complexity index is 299. The highest BCUT2D eigenvalue weighted by Crippen LogP contribution is 2.38. The van der Waals surface area contributed by atoms with Gasteiger partial charge < -0.3 is 16.0 Å². The predicted octanol–water partition coefficient (Wildman–Crippen LogP) is 0.490. The van der Waals surface area contributed by atoms with Gasteiger partial charge in [-0.05, 0) is 19.3 Å². The molecule has 0 aromatic heterocycles. The zero-order chi connectivity index (χ0) is 13.6. The molecule has 0 atom stereocenters. The molecule has 0 spiro atoms. The SMILES string of the molecule is CCCN(CC(=O)NC)C(=O)C1(CN)CCCC1. The first-order valence-corrected chi connectivity index (χ1v) is 6.79. The molecular weight excluding hydrogens is 230 g/mol. The lowest BCUT2D eigenvalue weighted by Crippen LogP contribution is -2.49. The van der Waals surface area contributed by atoms with E-state index in [0.29, 0.717) is 13.1 Å². The highest BCUT2D eigenvalue weighted by atomic mass is 16.2. The van der Waals surface area contributed by atoms with Crippen LogP contribution in [-0.2, 0) is 9.59 Å². The van der Waals surface area contributed by atoms with Crippen LogP contribution in [0.15, 0.2) is 0 Å². The average molecular weight is 255 g/mol. The monoisotopic (exact) mass is 255 g/mol. The predicted molar refractivity (Wildman–Crippen MR) is 70.9 cm³/mol. The fourth-order valence-corrected chi connectivity index (χ4v) is 2.67. The third kappa shape index (κ3) is 3.22. The van der Waals surface area contributed by atoms with Crippen LogP contribution in [0.4, 0.5) is 0 Å². The van der Waals surface area contributed by atoms with Gasteiger partial charge in [0.25, 0.3) is 0 Å². The summed E-state index contributed by atoms with van der Waals surface area (Å²) in [6.45, 7) is 3.16. The van der Waals surface area contributed by atoms with Gasteiger partial charge in [-0.25, -0.2) is 0 Å². The third-order valence-corrected chi connectivity index (χ3v) is 3.80. The summed E-state index contributed by atoms with van der Waals surface area (Å²) in [5.74, 6) is -0.0603. The van der Waals surface area contributed by atoms with Gasteiger partial charge in [0.05, 0.1) is 12.0 Å². The van der Waals surface area contributed by atoms with Crippen molar-refractivity contribution in [2.45, 2.75) is 39.0 Å². The van der Waals surface area contributed by atoms with E-state index in [1.165, 1.54) is 0 Å². The largest absolute Gasteiger partial charge is 0.358 e. The number of carbonyl (C=O) groups excluding carboxylic acids is 2. The molecule has 1 aliphatic rings. The van der Waals surface area contributed by atoms with Crippen LogP contribution in [0.1, 0.15) is 39.0 Å². The van der Waals surface area contributed by atoms with Crippen molar-refractivity contribution in [1.29, 1.82) is 0 Å². The molecule has 1 rings (SSSR count). The minimum absolute atomic E-state index is 0.0629. The van der Waals surface area contributed by atoms with Crippen LogP contribution in [0, 0.1) is 5.41 Å². The van der Waals surface area contributed by atoms with Gasteiger partial charge in [-0.3, -0.25) is 9.59 Å². The van der Waals surface area contributed by atoms with E-state index in [-0.39, 0.29) is 18.4 Å². The first kappa shape index (κ1) is 15.0. The molecule has 2 amide bonds. The molecule has 18 heavy (non-hydrogen) atoms. The minimum atomic E-state index is -0.414. The van der Waals surface area contributed by atoms with Crippen molar-refractivity contribution in [3.63, 3.8) is 0 Å². The van der Waals surface area contributed by atoms with E-state index >= 15 is 0 Å². The van der Waals surface area contributed by atoms with E-state index in [2.05, 4.69) is 5.32 Å². The van der Waals surface area contributed by atoms with E-state index in [0.717, 1.165) is 32.1 Å². The number of carbonyl (C=O) groups is 2. The topological polar surface area (TPSA) is 75.4 Å². The Hall–Kier alpha value is -1.10. The Labute approximate surface area is 109 Å². The fraction of sp³-hybridized carbons (Fsp3) is 0.846.